The molecule has 0 amide bonds. The van der Waals surface area contributed by atoms with E-state index in [9.17, 15) is 23.5 Å². The van der Waals surface area contributed by atoms with Gasteiger partial charge in [-0.2, -0.15) is 0 Å². The number of hydrogen-bond acceptors (Lipinski definition) is 3. The molecule has 2 aromatic carbocycles. The summed E-state index contributed by atoms with van der Waals surface area (Å²) in [5.74, 6) is -4.45. The highest BCUT2D eigenvalue weighted by atomic mass is 19.2. The summed E-state index contributed by atoms with van der Waals surface area (Å²) in [7, 11) is 0. The van der Waals surface area contributed by atoms with Gasteiger partial charge in [-0.1, -0.05) is 32.0 Å². The van der Waals surface area contributed by atoms with Gasteiger partial charge in [-0.3, -0.25) is 0 Å². The fraction of sp³-hybridized carbons (Fsp3) is 0.222. The van der Waals surface area contributed by atoms with E-state index in [4.69, 9.17) is 4.74 Å². The summed E-state index contributed by atoms with van der Waals surface area (Å²) in [6.07, 6.45) is 0. The van der Waals surface area contributed by atoms with Crippen LogP contribution < -0.4 is 0 Å². The smallest absolute Gasteiger partial charge is 0.338 e. The van der Waals surface area contributed by atoms with Crippen molar-refractivity contribution in [3.05, 3.63) is 59.2 Å². The molecule has 0 aliphatic rings. The zero-order valence-electron chi connectivity index (χ0n) is 13.2. The summed E-state index contributed by atoms with van der Waals surface area (Å²) in [5, 5.41) is 9.20. The van der Waals surface area contributed by atoms with Crippen LogP contribution in [0.3, 0.4) is 0 Å². The third-order valence-electron chi connectivity index (χ3n) is 3.26. The maximum Gasteiger partial charge on any atom is 0.338 e. The van der Waals surface area contributed by atoms with Crippen LogP contribution in [0, 0.1) is 17.6 Å². The summed E-state index contributed by atoms with van der Waals surface area (Å²) in [6, 6.07) is 7.45. The molecule has 0 aliphatic heterocycles. The molecule has 0 aliphatic carbocycles. The van der Waals surface area contributed by atoms with E-state index < -0.39 is 23.6 Å². The molecule has 4 nitrogen and oxygen atoms in total. The average Bonchev–Trinajstić information content (AvgIpc) is 2.54. The van der Waals surface area contributed by atoms with Gasteiger partial charge in [0.25, 0.3) is 0 Å². The SMILES string of the molecule is CC(C)COC(=O)c1cc(F)c(F)c(-c2ccccc2C(=O)O)c1. The van der Waals surface area contributed by atoms with E-state index >= 15 is 0 Å². The van der Waals surface area contributed by atoms with E-state index in [1.165, 1.54) is 24.3 Å². The van der Waals surface area contributed by atoms with E-state index in [1.54, 1.807) is 0 Å². The molecule has 0 heterocycles. The second-order valence-corrected chi connectivity index (χ2v) is 5.66. The molecule has 0 spiro atoms. The normalized spacial score (nSPS) is 10.7. The number of halogens is 2. The Morgan fingerprint density at radius 3 is 2.42 bits per heavy atom. The number of carboxylic acid groups (broad SMARTS) is 1. The molecule has 0 saturated carbocycles. The summed E-state index contributed by atoms with van der Waals surface area (Å²) in [5.41, 5.74) is -0.683. The first-order valence-corrected chi connectivity index (χ1v) is 7.30. The van der Waals surface area contributed by atoms with Crippen LogP contribution in [0.1, 0.15) is 34.6 Å². The Bertz CT molecular complexity index is 785. The minimum Gasteiger partial charge on any atom is -0.478 e. The lowest BCUT2D eigenvalue weighted by Gasteiger charge is -2.11. The lowest BCUT2D eigenvalue weighted by Crippen LogP contribution is -2.11. The van der Waals surface area contributed by atoms with Crippen molar-refractivity contribution in [2.75, 3.05) is 6.61 Å². The Kier molecular flexibility index (Phi) is 5.28. The second-order valence-electron chi connectivity index (χ2n) is 5.66. The number of rotatable bonds is 5. The summed E-state index contributed by atoms with van der Waals surface area (Å²) < 4.78 is 33.1. The molecule has 1 N–H and O–H groups in total. The van der Waals surface area contributed by atoms with Crippen molar-refractivity contribution in [3.63, 3.8) is 0 Å². The van der Waals surface area contributed by atoms with E-state index in [-0.39, 0.29) is 34.8 Å². The predicted octanol–water partition coefficient (Wildman–Crippen LogP) is 4.14. The molecule has 6 heteroatoms. The Hall–Kier alpha value is -2.76. The lowest BCUT2D eigenvalue weighted by molar-refractivity contribution is 0.0458. The molecule has 0 atom stereocenters. The van der Waals surface area contributed by atoms with Crippen LogP contribution in [0.4, 0.5) is 8.78 Å². The van der Waals surface area contributed by atoms with Crippen LogP contribution in [0.25, 0.3) is 11.1 Å². The van der Waals surface area contributed by atoms with E-state index in [0.29, 0.717) is 0 Å². The Labute approximate surface area is 137 Å². The highest BCUT2D eigenvalue weighted by molar-refractivity contribution is 5.97. The van der Waals surface area contributed by atoms with Gasteiger partial charge in [0, 0.05) is 5.56 Å². The van der Waals surface area contributed by atoms with Gasteiger partial charge in [-0.05, 0) is 29.7 Å². The van der Waals surface area contributed by atoms with Gasteiger partial charge < -0.3 is 9.84 Å². The van der Waals surface area contributed by atoms with Crippen molar-refractivity contribution in [1.29, 1.82) is 0 Å². The van der Waals surface area contributed by atoms with Crippen LogP contribution in [0.5, 0.6) is 0 Å². The van der Waals surface area contributed by atoms with Crippen LogP contribution in [-0.2, 0) is 4.74 Å². The third-order valence-corrected chi connectivity index (χ3v) is 3.26. The molecule has 0 bridgehead atoms. The van der Waals surface area contributed by atoms with Crippen molar-refractivity contribution in [2.45, 2.75) is 13.8 Å². The number of hydrogen-bond donors (Lipinski definition) is 1. The maximum absolute atomic E-state index is 14.2. The zero-order chi connectivity index (χ0) is 17.9. The largest absolute Gasteiger partial charge is 0.478 e. The van der Waals surface area contributed by atoms with Gasteiger partial charge in [0.15, 0.2) is 11.6 Å². The van der Waals surface area contributed by atoms with Crippen LogP contribution in [-0.4, -0.2) is 23.7 Å². The first-order chi connectivity index (χ1) is 11.3. The van der Waals surface area contributed by atoms with Gasteiger partial charge in [-0.25, -0.2) is 18.4 Å². The second kappa shape index (κ2) is 7.21. The summed E-state index contributed by atoms with van der Waals surface area (Å²) in [6.45, 7) is 3.82. The lowest BCUT2D eigenvalue weighted by atomic mass is 9.97. The van der Waals surface area contributed by atoms with Crippen molar-refractivity contribution >= 4 is 11.9 Å². The van der Waals surface area contributed by atoms with Gasteiger partial charge in [0.2, 0.25) is 0 Å². The fourth-order valence-corrected chi connectivity index (χ4v) is 2.13. The van der Waals surface area contributed by atoms with Crippen LogP contribution in [0.15, 0.2) is 36.4 Å². The van der Waals surface area contributed by atoms with E-state index in [2.05, 4.69) is 0 Å². The molecule has 0 saturated heterocycles. The molecule has 2 rings (SSSR count). The molecule has 0 aromatic heterocycles. The van der Waals surface area contributed by atoms with Crippen LogP contribution in [0.2, 0.25) is 0 Å². The fourth-order valence-electron chi connectivity index (χ4n) is 2.13. The summed E-state index contributed by atoms with van der Waals surface area (Å²) in [4.78, 5) is 23.3. The molecule has 0 fully saturated rings. The predicted molar refractivity (Wildman–Crippen MR) is 83.9 cm³/mol. The molecule has 0 unspecified atom stereocenters. The van der Waals surface area contributed by atoms with Crippen molar-refractivity contribution in [1.82, 2.24) is 0 Å². The summed E-state index contributed by atoms with van der Waals surface area (Å²) >= 11 is 0. The molecular weight excluding hydrogens is 318 g/mol. The minimum absolute atomic E-state index is 0.0140. The highest BCUT2D eigenvalue weighted by Crippen LogP contribution is 2.29. The molecule has 2 aromatic rings. The van der Waals surface area contributed by atoms with E-state index in [0.717, 1.165) is 12.1 Å². The Balaban J connectivity index is 2.52. The number of carbonyl (C=O) groups is 2. The van der Waals surface area contributed by atoms with E-state index in [1.807, 2.05) is 13.8 Å². The zero-order valence-corrected chi connectivity index (χ0v) is 13.2. The highest BCUT2D eigenvalue weighted by Gasteiger charge is 2.20. The molecule has 0 radical (unpaired) electrons. The average molecular weight is 334 g/mol. The van der Waals surface area contributed by atoms with Gasteiger partial charge in [-0.15, -0.1) is 0 Å². The van der Waals surface area contributed by atoms with Gasteiger partial charge >= 0.3 is 11.9 Å². The molecule has 24 heavy (non-hydrogen) atoms. The van der Waals surface area contributed by atoms with Gasteiger partial charge in [0.1, 0.15) is 0 Å². The number of aromatic carboxylic acids is 1. The minimum atomic E-state index is -1.28. The number of esters is 1. The number of benzene rings is 2. The Morgan fingerprint density at radius 2 is 1.79 bits per heavy atom. The van der Waals surface area contributed by atoms with Gasteiger partial charge in [0.05, 0.1) is 17.7 Å². The van der Waals surface area contributed by atoms with Crippen molar-refractivity contribution in [3.8, 4) is 11.1 Å². The first-order valence-electron chi connectivity index (χ1n) is 7.30. The quantitative estimate of drug-likeness (QED) is 0.835. The third kappa shape index (κ3) is 3.76. The molecule has 126 valence electrons. The van der Waals surface area contributed by atoms with Crippen LogP contribution >= 0.6 is 0 Å². The number of carboxylic acids is 1. The Morgan fingerprint density at radius 1 is 1.12 bits per heavy atom. The maximum atomic E-state index is 14.2. The monoisotopic (exact) mass is 334 g/mol. The standard InChI is InChI=1S/C18H16F2O4/c1-10(2)9-24-18(23)11-7-14(16(20)15(19)8-11)12-5-3-4-6-13(12)17(21)22/h3-8,10H,9H2,1-2H3,(H,21,22). The first kappa shape index (κ1) is 17.6. The number of ether oxygens (including phenoxy) is 1. The molecular formula is C18H16F2O4. The topological polar surface area (TPSA) is 63.6 Å². The van der Waals surface area contributed by atoms with Crippen molar-refractivity contribution < 1.29 is 28.2 Å². The van der Waals surface area contributed by atoms with Crippen molar-refractivity contribution in [2.24, 2.45) is 5.92 Å². The number of carbonyl (C=O) groups excluding carboxylic acids is 1.